The molecule has 0 amide bonds. The summed E-state index contributed by atoms with van der Waals surface area (Å²) in [4.78, 5) is 0. The van der Waals surface area contributed by atoms with E-state index in [1.807, 2.05) is 12.1 Å². The molecule has 2 N–H and O–H groups in total. The molecule has 0 spiro atoms. The van der Waals surface area contributed by atoms with Crippen molar-refractivity contribution in [3.8, 4) is 0 Å². The molecule has 1 aromatic carbocycles. The third kappa shape index (κ3) is 1.02. The summed E-state index contributed by atoms with van der Waals surface area (Å²) in [6.45, 7) is 0. The summed E-state index contributed by atoms with van der Waals surface area (Å²) < 4.78 is 6.23. The number of hydrogen-bond donors (Lipinski definition) is 1. The Morgan fingerprint density at radius 1 is 1.45 bits per heavy atom. The minimum absolute atomic E-state index is 0.789. The molecule has 11 heavy (non-hydrogen) atoms. The molecule has 2 rings (SSSR count). The third-order valence-electron chi connectivity index (χ3n) is 1.51. The highest BCUT2D eigenvalue weighted by Crippen LogP contribution is 2.30. The Kier molecular flexibility index (Phi) is 1.58. The molecule has 0 aliphatic rings. The zero-order valence-corrected chi connectivity index (χ0v) is 7.95. The van der Waals surface area contributed by atoms with Gasteiger partial charge in [0.15, 0.2) is 0 Å². The van der Waals surface area contributed by atoms with E-state index in [-0.39, 0.29) is 0 Å². The lowest BCUT2D eigenvalue weighted by Gasteiger charge is -1.95. The van der Waals surface area contributed by atoms with E-state index in [2.05, 4.69) is 20.3 Å². The molecular weight excluding hydrogens is 224 g/mol. The molecule has 0 saturated carbocycles. The van der Waals surface area contributed by atoms with Crippen molar-refractivity contribution in [3.63, 3.8) is 0 Å². The largest absolute Gasteiger partial charge is 0.398 e. The second-order valence-corrected chi connectivity index (χ2v) is 3.86. The van der Waals surface area contributed by atoms with Crippen LogP contribution in [0.4, 0.5) is 5.69 Å². The van der Waals surface area contributed by atoms with Crippen molar-refractivity contribution in [1.82, 2.24) is 4.37 Å². The summed E-state index contributed by atoms with van der Waals surface area (Å²) in [5.74, 6) is 0. The van der Waals surface area contributed by atoms with Crippen molar-refractivity contribution >= 4 is 43.2 Å². The van der Waals surface area contributed by atoms with E-state index in [1.54, 1.807) is 6.20 Å². The Labute approximate surface area is 76.3 Å². The van der Waals surface area contributed by atoms with Crippen LogP contribution in [-0.4, -0.2) is 4.37 Å². The zero-order chi connectivity index (χ0) is 7.84. The van der Waals surface area contributed by atoms with Gasteiger partial charge in [-0.3, -0.25) is 0 Å². The molecule has 0 aliphatic heterocycles. The predicted octanol–water partition coefficient (Wildman–Crippen LogP) is 2.64. The number of nitrogen functional groups attached to an aromatic ring is 1. The Balaban J connectivity index is 2.96. The van der Waals surface area contributed by atoms with E-state index < -0.39 is 0 Å². The first-order chi connectivity index (χ1) is 5.29. The summed E-state index contributed by atoms with van der Waals surface area (Å²) >= 11 is 4.88. The highest BCUT2D eigenvalue weighted by atomic mass is 79.9. The van der Waals surface area contributed by atoms with Gasteiger partial charge in [-0.25, -0.2) is 0 Å². The molecule has 0 atom stereocenters. The van der Waals surface area contributed by atoms with Crippen LogP contribution in [0.1, 0.15) is 0 Å². The van der Waals surface area contributed by atoms with Crippen LogP contribution in [-0.2, 0) is 0 Å². The Bertz CT molecular complexity index is 360. The van der Waals surface area contributed by atoms with E-state index in [1.165, 1.54) is 11.5 Å². The number of halogens is 1. The average Bonchev–Trinajstić information content (AvgIpc) is 2.45. The van der Waals surface area contributed by atoms with E-state index >= 15 is 0 Å². The van der Waals surface area contributed by atoms with E-state index in [0.29, 0.717) is 0 Å². The van der Waals surface area contributed by atoms with Crippen LogP contribution < -0.4 is 5.73 Å². The van der Waals surface area contributed by atoms with Crippen LogP contribution in [0.2, 0.25) is 0 Å². The van der Waals surface area contributed by atoms with Gasteiger partial charge in [0.25, 0.3) is 0 Å². The van der Waals surface area contributed by atoms with Gasteiger partial charge in [0.05, 0.1) is 10.9 Å². The van der Waals surface area contributed by atoms with Crippen LogP contribution in [0, 0.1) is 0 Å². The van der Waals surface area contributed by atoms with Gasteiger partial charge in [0, 0.05) is 15.5 Å². The van der Waals surface area contributed by atoms with Gasteiger partial charge < -0.3 is 5.73 Å². The first-order valence-electron chi connectivity index (χ1n) is 3.07. The van der Waals surface area contributed by atoms with Crippen LogP contribution in [0.3, 0.4) is 0 Å². The normalized spacial score (nSPS) is 10.6. The number of nitrogens with two attached hydrogens (primary N) is 1. The molecule has 56 valence electrons. The lowest BCUT2D eigenvalue weighted by atomic mass is 10.2. The quantitative estimate of drug-likeness (QED) is 0.705. The Morgan fingerprint density at radius 3 is 3.00 bits per heavy atom. The lowest BCUT2D eigenvalue weighted by Crippen LogP contribution is -1.83. The average molecular weight is 229 g/mol. The molecule has 0 unspecified atom stereocenters. The van der Waals surface area contributed by atoms with Gasteiger partial charge in [0.1, 0.15) is 0 Å². The van der Waals surface area contributed by atoms with Crippen molar-refractivity contribution in [2.45, 2.75) is 0 Å². The zero-order valence-electron chi connectivity index (χ0n) is 5.54. The van der Waals surface area contributed by atoms with Crippen LogP contribution in [0.5, 0.6) is 0 Å². The standard InChI is InChI=1S/C7H5BrN2S/c8-5-1-2-6(9)4-3-10-11-7(4)5/h1-3H,9H2. The second-order valence-electron chi connectivity index (χ2n) is 2.21. The van der Waals surface area contributed by atoms with Crippen molar-refractivity contribution < 1.29 is 0 Å². The molecule has 1 aromatic heterocycles. The molecule has 2 nitrogen and oxygen atoms in total. The molecular formula is C7H5BrN2S. The highest BCUT2D eigenvalue weighted by Gasteiger charge is 2.02. The van der Waals surface area contributed by atoms with Gasteiger partial charge in [-0.2, -0.15) is 4.37 Å². The summed E-state index contributed by atoms with van der Waals surface area (Å²) in [5, 5.41) is 1.03. The lowest BCUT2D eigenvalue weighted by molar-refractivity contribution is 1.60. The van der Waals surface area contributed by atoms with Crippen molar-refractivity contribution in [2.24, 2.45) is 0 Å². The highest BCUT2D eigenvalue weighted by molar-refractivity contribution is 9.10. The van der Waals surface area contributed by atoms with Crippen molar-refractivity contribution in [2.75, 3.05) is 5.73 Å². The fourth-order valence-corrected chi connectivity index (χ4v) is 2.20. The number of anilines is 1. The number of nitrogens with zero attached hydrogens (tertiary/aromatic N) is 1. The maximum Gasteiger partial charge on any atom is 0.0712 e. The van der Waals surface area contributed by atoms with Crippen LogP contribution >= 0.6 is 27.5 Å². The van der Waals surface area contributed by atoms with Gasteiger partial charge in [-0.1, -0.05) is 0 Å². The third-order valence-corrected chi connectivity index (χ3v) is 3.26. The monoisotopic (exact) mass is 228 g/mol. The molecule has 0 saturated heterocycles. The molecule has 1 heterocycles. The van der Waals surface area contributed by atoms with E-state index in [9.17, 15) is 0 Å². The van der Waals surface area contributed by atoms with Gasteiger partial charge in [0.2, 0.25) is 0 Å². The first kappa shape index (κ1) is 7.06. The number of rotatable bonds is 0. The van der Waals surface area contributed by atoms with Gasteiger partial charge in [-0.05, 0) is 39.6 Å². The summed E-state index contributed by atoms with van der Waals surface area (Å²) in [6.07, 6.45) is 1.79. The van der Waals surface area contributed by atoms with Crippen LogP contribution in [0.25, 0.3) is 10.1 Å². The number of hydrogen-bond acceptors (Lipinski definition) is 3. The minimum atomic E-state index is 0.789. The maximum atomic E-state index is 5.72. The van der Waals surface area contributed by atoms with E-state index in [0.717, 1.165) is 20.2 Å². The smallest absolute Gasteiger partial charge is 0.0712 e. The fraction of sp³-hybridized carbons (Fsp3) is 0. The summed E-state index contributed by atoms with van der Waals surface area (Å²) in [6, 6.07) is 3.82. The molecule has 0 fully saturated rings. The molecule has 2 aromatic rings. The second kappa shape index (κ2) is 2.46. The number of aromatic nitrogens is 1. The topological polar surface area (TPSA) is 38.9 Å². The molecule has 4 heteroatoms. The molecule has 0 aliphatic carbocycles. The summed E-state index contributed by atoms with van der Waals surface area (Å²) in [5.41, 5.74) is 6.50. The van der Waals surface area contributed by atoms with Crippen LogP contribution in [0.15, 0.2) is 22.8 Å². The summed E-state index contributed by atoms with van der Waals surface area (Å²) in [7, 11) is 0. The number of fused-ring (bicyclic) bond motifs is 1. The Hall–Kier alpha value is -0.610. The van der Waals surface area contributed by atoms with Gasteiger partial charge in [-0.15, -0.1) is 0 Å². The van der Waals surface area contributed by atoms with Gasteiger partial charge >= 0.3 is 0 Å². The minimum Gasteiger partial charge on any atom is -0.398 e. The molecule has 0 bridgehead atoms. The van der Waals surface area contributed by atoms with E-state index in [4.69, 9.17) is 5.73 Å². The van der Waals surface area contributed by atoms with Crippen molar-refractivity contribution in [3.05, 3.63) is 22.8 Å². The fourth-order valence-electron chi connectivity index (χ4n) is 0.946. The Morgan fingerprint density at radius 2 is 2.27 bits per heavy atom. The number of benzene rings is 1. The van der Waals surface area contributed by atoms with Crippen molar-refractivity contribution in [1.29, 1.82) is 0 Å². The molecule has 0 radical (unpaired) electrons. The SMILES string of the molecule is Nc1ccc(Br)c2sncc12. The predicted molar refractivity (Wildman–Crippen MR) is 51.7 cm³/mol. The maximum absolute atomic E-state index is 5.72. The first-order valence-corrected chi connectivity index (χ1v) is 4.64.